The van der Waals surface area contributed by atoms with Gasteiger partial charge in [0.1, 0.15) is 12.0 Å². The molecule has 0 aliphatic carbocycles. The van der Waals surface area contributed by atoms with E-state index in [2.05, 4.69) is 4.98 Å². The molecule has 0 saturated carbocycles. The molecule has 2 atom stereocenters. The Morgan fingerprint density at radius 2 is 2.14 bits per heavy atom. The van der Waals surface area contributed by atoms with E-state index in [0.29, 0.717) is 12.8 Å². The van der Waals surface area contributed by atoms with E-state index in [9.17, 15) is 19.1 Å². The summed E-state index contributed by atoms with van der Waals surface area (Å²) >= 11 is 0. The van der Waals surface area contributed by atoms with Gasteiger partial charge in [-0.3, -0.25) is 4.57 Å². The van der Waals surface area contributed by atoms with Gasteiger partial charge in [-0.05, 0) is 26.5 Å². The largest absolute Gasteiger partial charge is 1.00 e. The third kappa shape index (κ3) is 7.11. The van der Waals surface area contributed by atoms with Gasteiger partial charge in [0.05, 0.1) is 19.1 Å². The molecule has 2 heterocycles. The van der Waals surface area contributed by atoms with E-state index in [1.165, 1.54) is 16.8 Å². The summed E-state index contributed by atoms with van der Waals surface area (Å²) in [5, 5.41) is 0. The standard InChI is InChI=1S/C10H16N3O6P.2Na/c11-8-3-4-13(10(14)12-8)9-2-1-7(19-9)5-18-6-20(15,16)17;;/h3-4,7,9H,1-2,5-6H2,(H2,11,12,14)(H2,15,16,17);;/q;2*+1/p-2/t7-,9+;;/m0../s1. The van der Waals surface area contributed by atoms with Gasteiger partial charge in [0.2, 0.25) is 0 Å². The zero-order valence-corrected chi connectivity index (χ0v) is 17.4. The maximum atomic E-state index is 11.6. The fourth-order valence-corrected chi connectivity index (χ4v) is 2.28. The van der Waals surface area contributed by atoms with Crippen molar-refractivity contribution in [3.8, 4) is 0 Å². The van der Waals surface area contributed by atoms with Crippen LogP contribution in [0.15, 0.2) is 17.1 Å². The first-order valence-corrected chi connectivity index (χ1v) is 7.67. The topological polar surface area (TPSA) is 143 Å². The van der Waals surface area contributed by atoms with Crippen LogP contribution in [0.5, 0.6) is 0 Å². The molecule has 0 aromatic carbocycles. The number of anilines is 1. The first kappa shape index (κ1) is 22.8. The van der Waals surface area contributed by atoms with Crippen LogP contribution in [0, 0.1) is 0 Å². The van der Waals surface area contributed by atoms with Crippen molar-refractivity contribution in [3.05, 3.63) is 22.7 Å². The van der Waals surface area contributed by atoms with Crippen molar-refractivity contribution in [3.63, 3.8) is 0 Å². The predicted octanol–water partition coefficient (Wildman–Crippen LogP) is -7.60. The number of nitrogens with two attached hydrogens (primary N) is 1. The van der Waals surface area contributed by atoms with E-state index >= 15 is 0 Å². The van der Waals surface area contributed by atoms with Crippen LogP contribution in [0.3, 0.4) is 0 Å². The molecule has 2 N–H and O–H groups in total. The Kier molecular flexibility index (Phi) is 10.2. The van der Waals surface area contributed by atoms with Gasteiger partial charge in [0.25, 0.3) is 0 Å². The molecular weight excluding hydrogens is 335 g/mol. The van der Waals surface area contributed by atoms with Crippen molar-refractivity contribution in [1.82, 2.24) is 9.55 Å². The molecule has 0 amide bonds. The van der Waals surface area contributed by atoms with Crippen molar-refractivity contribution in [2.45, 2.75) is 25.2 Å². The zero-order valence-electron chi connectivity index (χ0n) is 12.5. The monoisotopic (exact) mass is 349 g/mol. The molecule has 1 saturated heterocycles. The summed E-state index contributed by atoms with van der Waals surface area (Å²) in [5.41, 5.74) is 4.88. The molecule has 9 nitrogen and oxygen atoms in total. The molecule has 1 aliphatic rings. The maximum absolute atomic E-state index is 11.6. The van der Waals surface area contributed by atoms with Crippen molar-refractivity contribution in [1.29, 1.82) is 0 Å². The molecule has 112 valence electrons. The Labute approximate surface area is 171 Å². The molecule has 22 heavy (non-hydrogen) atoms. The van der Waals surface area contributed by atoms with E-state index in [4.69, 9.17) is 15.2 Å². The van der Waals surface area contributed by atoms with Gasteiger partial charge in [-0.1, -0.05) is 0 Å². The minimum atomic E-state index is -4.67. The normalized spacial score (nSPS) is 21.0. The number of nitrogen functional groups attached to an aromatic ring is 1. The maximum Gasteiger partial charge on any atom is 1.00 e. The Bertz CT molecular complexity index is 580. The molecular formula is C10H14N3Na2O6P. The molecule has 0 spiro atoms. The smallest absolute Gasteiger partial charge is 0.809 e. The van der Waals surface area contributed by atoms with E-state index in [0.717, 1.165) is 0 Å². The summed E-state index contributed by atoms with van der Waals surface area (Å²) in [7, 11) is -4.67. The third-order valence-electron chi connectivity index (χ3n) is 2.80. The van der Waals surface area contributed by atoms with E-state index in [1.807, 2.05) is 0 Å². The molecule has 1 aromatic rings. The Balaban J connectivity index is 0.00000220. The summed E-state index contributed by atoms with van der Waals surface area (Å²) in [6.45, 7) is -0.0118. The number of ether oxygens (including phenoxy) is 2. The first-order chi connectivity index (χ1) is 9.35. The second-order valence-corrected chi connectivity index (χ2v) is 5.92. The van der Waals surface area contributed by atoms with Crippen LogP contribution in [-0.2, 0) is 14.0 Å². The molecule has 2 rings (SSSR count). The number of hydrogen-bond donors (Lipinski definition) is 1. The van der Waals surface area contributed by atoms with E-state index in [-0.39, 0.29) is 77.6 Å². The van der Waals surface area contributed by atoms with Crippen LogP contribution >= 0.6 is 7.60 Å². The van der Waals surface area contributed by atoms with Gasteiger partial charge in [-0.25, -0.2) is 4.79 Å². The number of hydrogen-bond acceptors (Lipinski definition) is 8. The average molecular weight is 349 g/mol. The van der Waals surface area contributed by atoms with Gasteiger partial charge >= 0.3 is 64.8 Å². The molecule has 0 unspecified atom stereocenters. The first-order valence-electron chi connectivity index (χ1n) is 5.94. The second kappa shape index (κ2) is 9.90. The van der Waals surface area contributed by atoms with E-state index in [1.54, 1.807) is 0 Å². The third-order valence-corrected chi connectivity index (χ3v) is 3.30. The molecule has 0 radical (unpaired) electrons. The summed E-state index contributed by atoms with van der Waals surface area (Å²) in [6, 6.07) is 1.49. The minimum Gasteiger partial charge on any atom is -0.809 e. The summed E-state index contributed by atoms with van der Waals surface area (Å²) in [4.78, 5) is 36.0. The Morgan fingerprint density at radius 1 is 1.45 bits per heavy atom. The fraction of sp³-hybridized carbons (Fsp3) is 0.600. The van der Waals surface area contributed by atoms with Crippen LogP contribution in [0.1, 0.15) is 19.1 Å². The number of rotatable bonds is 5. The summed E-state index contributed by atoms with van der Waals surface area (Å²) in [6.07, 6.45) is 0.921. The summed E-state index contributed by atoms with van der Waals surface area (Å²) < 4.78 is 22.0. The van der Waals surface area contributed by atoms with Crippen molar-refractivity contribution < 1.29 is 82.9 Å². The van der Waals surface area contributed by atoms with Crippen LogP contribution in [0.4, 0.5) is 5.82 Å². The number of nitrogens with zero attached hydrogens (tertiary/aromatic N) is 2. The SMILES string of the molecule is Nc1ccn([C@H]2CC[C@@H](COCP(=O)([O-])[O-])O2)c(=O)n1.[Na+].[Na+]. The Hall–Kier alpha value is 0.750. The molecule has 1 fully saturated rings. The molecule has 1 aromatic heterocycles. The summed E-state index contributed by atoms with van der Waals surface area (Å²) in [5.74, 6) is 0.130. The van der Waals surface area contributed by atoms with Crippen LogP contribution in [0.2, 0.25) is 0 Å². The van der Waals surface area contributed by atoms with Gasteiger partial charge in [-0.15, -0.1) is 0 Å². The van der Waals surface area contributed by atoms with Crippen molar-refractivity contribution >= 4 is 13.4 Å². The number of aromatic nitrogens is 2. The molecule has 12 heteroatoms. The zero-order chi connectivity index (χ0) is 14.8. The van der Waals surface area contributed by atoms with Gasteiger partial charge < -0.3 is 29.6 Å². The minimum absolute atomic E-state index is 0. The molecule has 0 bridgehead atoms. The van der Waals surface area contributed by atoms with Gasteiger partial charge in [-0.2, -0.15) is 4.98 Å². The average Bonchev–Trinajstić information content (AvgIpc) is 2.75. The van der Waals surface area contributed by atoms with Crippen LogP contribution in [0.25, 0.3) is 0 Å². The van der Waals surface area contributed by atoms with Crippen LogP contribution < -0.4 is 80.3 Å². The van der Waals surface area contributed by atoms with Crippen molar-refractivity contribution in [2.75, 3.05) is 18.7 Å². The second-order valence-electron chi connectivity index (χ2n) is 4.44. The predicted molar refractivity (Wildman–Crippen MR) is 64.5 cm³/mol. The van der Waals surface area contributed by atoms with Crippen LogP contribution in [-0.4, -0.2) is 28.6 Å². The van der Waals surface area contributed by atoms with Crippen molar-refractivity contribution in [2.24, 2.45) is 0 Å². The van der Waals surface area contributed by atoms with Gasteiger partial charge in [0, 0.05) is 6.20 Å². The molecule has 1 aliphatic heterocycles. The van der Waals surface area contributed by atoms with E-state index < -0.39 is 25.9 Å². The van der Waals surface area contributed by atoms with Gasteiger partial charge in [0.15, 0.2) is 0 Å². The Morgan fingerprint density at radius 3 is 2.73 bits per heavy atom. The quantitative estimate of drug-likeness (QED) is 0.408. The fourth-order valence-electron chi connectivity index (χ4n) is 1.95.